The molecule has 1 saturated carbocycles. The Morgan fingerprint density at radius 2 is 1.56 bits per heavy atom. The molecule has 1 aliphatic carbocycles. The fourth-order valence-corrected chi connectivity index (χ4v) is 6.01. The lowest BCUT2D eigenvalue weighted by Crippen LogP contribution is -2.55. The summed E-state index contributed by atoms with van der Waals surface area (Å²) >= 11 is 6.60. The van der Waals surface area contributed by atoms with E-state index >= 15 is 0 Å². The number of hydrogen-bond donors (Lipinski definition) is 1. The first-order chi connectivity index (χ1) is 20.4. The molecule has 2 aromatic carbocycles. The van der Waals surface area contributed by atoms with E-state index in [2.05, 4.69) is 0 Å². The third-order valence-corrected chi connectivity index (χ3v) is 8.26. The number of ether oxygens (including phenoxy) is 5. The second-order valence-corrected chi connectivity index (χ2v) is 11.6. The molecule has 0 bridgehead atoms. The van der Waals surface area contributed by atoms with Crippen LogP contribution in [0, 0.1) is 5.92 Å². The minimum absolute atomic E-state index is 0.202. The molecule has 4 rings (SSSR count). The van der Waals surface area contributed by atoms with Gasteiger partial charge in [0.1, 0.15) is 24.6 Å². The van der Waals surface area contributed by atoms with E-state index in [-0.39, 0.29) is 6.61 Å². The number of hydrogen-bond acceptors (Lipinski definition) is 9. The number of carboxylic acids is 1. The summed E-state index contributed by atoms with van der Waals surface area (Å²) in [4.78, 5) is 47.4. The summed E-state index contributed by atoms with van der Waals surface area (Å²) in [6, 6.07) is 12.8. The van der Waals surface area contributed by atoms with Crippen LogP contribution in [0.5, 0.6) is 5.75 Å². The molecule has 2 fully saturated rings. The van der Waals surface area contributed by atoms with Crippen LogP contribution in [0.1, 0.15) is 76.2 Å². The smallest absolute Gasteiger partial charge is 0.348 e. The molecule has 43 heavy (non-hydrogen) atoms. The number of rotatable bonds is 10. The van der Waals surface area contributed by atoms with Gasteiger partial charge >= 0.3 is 23.9 Å². The van der Waals surface area contributed by atoms with E-state index in [4.69, 9.17) is 35.3 Å². The maximum atomic E-state index is 12.0. The molecule has 1 saturated heterocycles. The van der Waals surface area contributed by atoms with Crippen LogP contribution in [0.4, 0.5) is 0 Å². The molecule has 1 N–H and O–H groups in total. The third-order valence-electron chi connectivity index (χ3n) is 7.89. The minimum Gasteiger partial charge on any atom is -0.478 e. The van der Waals surface area contributed by atoms with Gasteiger partial charge in [-0.3, -0.25) is 14.4 Å². The predicted octanol–water partition coefficient (Wildman–Crippen LogP) is 5.21. The van der Waals surface area contributed by atoms with Crippen LogP contribution in [0.2, 0.25) is 5.02 Å². The molecular formula is C32H37ClO10. The van der Waals surface area contributed by atoms with E-state index in [0.29, 0.717) is 30.0 Å². The summed E-state index contributed by atoms with van der Waals surface area (Å²) < 4.78 is 28.6. The fourth-order valence-electron chi connectivity index (χ4n) is 5.82. The first-order valence-corrected chi connectivity index (χ1v) is 14.7. The Labute approximate surface area is 255 Å². The number of esters is 3. The van der Waals surface area contributed by atoms with Crippen molar-refractivity contribution in [2.75, 3.05) is 6.61 Å². The molecule has 0 spiro atoms. The van der Waals surface area contributed by atoms with Crippen LogP contribution < -0.4 is 4.74 Å². The van der Waals surface area contributed by atoms with E-state index in [9.17, 15) is 24.3 Å². The summed E-state index contributed by atoms with van der Waals surface area (Å²) in [6.07, 6.45) is -0.270. The maximum absolute atomic E-state index is 12.0. The van der Waals surface area contributed by atoms with Gasteiger partial charge in [-0.2, -0.15) is 0 Å². The van der Waals surface area contributed by atoms with Gasteiger partial charge in [0.2, 0.25) is 5.60 Å². The van der Waals surface area contributed by atoms with Gasteiger partial charge in [-0.15, -0.1) is 0 Å². The van der Waals surface area contributed by atoms with Gasteiger partial charge in [-0.25, -0.2) is 4.79 Å². The molecule has 0 radical (unpaired) electrons. The van der Waals surface area contributed by atoms with Gasteiger partial charge in [-0.05, 0) is 67.0 Å². The molecule has 2 aliphatic rings. The van der Waals surface area contributed by atoms with Crippen LogP contribution in [0.15, 0.2) is 42.5 Å². The molecule has 2 aromatic rings. The van der Waals surface area contributed by atoms with E-state index in [1.165, 1.54) is 20.8 Å². The Bertz CT molecular complexity index is 1330. The standard InChI is InChI=1S/C32H37ClO10/c1-18-28(42-27(17-39-19(2)34)30(41-21(4)36)29(18)40-20(3)35)23-9-12-26(33)24(16-23)15-22-7-10-25(11-8-22)43-32(31(37)38)13-5-6-14-32/h7-12,16,18,27-30H,5-6,13-15,17H2,1-4H3,(H,37,38)/t18-,27+,28+,29+,30+/m0/s1. The molecule has 11 heteroatoms. The average molecular weight is 617 g/mol. The lowest BCUT2D eigenvalue weighted by Gasteiger charge is -2.44. The first-order valence-electron chi connectivity index (χ1n) is 14.3. The third kappa shape index (κ3) is 7.86. The Morgan fingerprint density at radius 1 is 0.930 bits per heavy atom. The summed E-state index contributed by atoms with van der Waals surface area (Å²) in [5.41, 5.74) is 1.31. The Kier molecular flexibility index (Phi) is 10.3. The zero-order valence-electron chi connectivity index (χ0n) is 24.7. The van der Waals surface area contributed by atoms with Gasteiger partial charge in [0.25, 0.3) is 0 Å². The van der Waals surface area contributed by atoms with E-state index in [0.717, 1.165) is 29.5 Å². The number of halogens is 1. The second-order valence-electron chi connectivity index (χ2n) is 11.2. The maximum Gasteiger partial charge on any atom is 0.348 e. The van der Waals surface area contributed by atoms with Crippen molar-refractivity contribution in [1.82, 2.24) is 0 Å². The van der Waals surface area contributed by atoms with E-state index in [1.54, 1.807) is 18.2 Å². The molecule has 1 heterocycles. The largest absolute Gasteiger partial charge is 0.478 e. The number of benzene rings is 2. The zero-order chi connectivity index (χ0) is 31.3. The van der Waals surface area contributed by atoms with Crippen LogP contribution >= 0.6 is 11.6 Å². The molecule has 5 atom stereocenters. The molecule has 232 valence electrons. The number of aliphatic carboxylic acids is 1. The van der Waals surface area contributed by atoms with Crippen molar-refractivity contribution in [2.24, 2.45) is 5.92 Å². The highest BCUT2D eigenvalue weighted by atomic mass is 35.5. The second kappa shape index (κ2) is 13.8. The zero-order valence-corrected chi connectivity index (χ0v) is 25.4. The van der Waals surface area contributed by atoms with E-state index < -0.39 is 59.8 Å². The molecule has 0 unspecified atom stereocenters. The topological polar surface area (TPSA) is 135 Å². The van der Waals surface area contributed by atoms with Crippen molar-refractivity contribution in [3.8, 4) is 5.75 Å². The first kappa shape index (κ1) is 32.3. The number of carboxylic acid groups (broad SMARTS) is 1. The van der Waals surface area contributed by atoms with Gasteiger partial charge in [0.15, 0.2) is 6.10 Å². The Morgan fingerprint density at radius 3 is 2.14 bits per heavy atom. The van der Waals surface area contributed by atoms with Gasteiger partial charge < -0.3 is 28.8 Å². The highest BCUT2D eigenvalue weighted by molar-refractivity contribution is 6.31. The quantitative estimate of drug-likeness (QED) is 0.280. The Hall–Kier alpha value is -3.63. The lowest BCUT2D eigenvalue weighted by atomic mass is 9.84. The molecular weight excluding hydrogens is 580 g/mol. The minimum atomic E-state index is -1.18. The van der Waals surface area contributed by atoms with Crippen molar-refractivity contribution in [1.29, 1.82) is 0 Å². The van der Waals surface area contributed by atoms with Gasteiger partial charge in [-0.1, -0.05) is 42.8 Å². The normalized spacial score (nSPS) is 24.5. The van der Waals surface area contributed by atoms with Crippen LogP contribution in [0.3, 0.4) is 0 Å². The molecule has 0 amide bonds. The van der Waals surface area contributed by atoms with Crippen LogP contribution in [0.25, 0.3) is 0 Å². The van der Waals surface area contributed by atoms with E-state index in [1.807, 2.05) is 31.2 Å². The number of carbonyl (C=O) groups is 4. The molecule has 10 nitrogen and oxygen atoms in total. The number of carbonyl (C=O) groups excluding carboxylic acids is 3. The van der Waals surface area contributed by atoms with Gasteiger partial charge in [0.05, 0.1) is 6.10 Å². The summed E-state index contributed by atoms with van der Waals surface area (Å²) in [5.74, 6) is -2.56. The van der Waals surface area contributed by atoms with Crippen LogP contribution in [-0.2, 0) is 44.5 Å². The van der Waals surface area contributed by atoms with Crippen molar-refractivity contribution < 1.29 is 48.0 Å². The monoisotopic (exact) mass is 616 g/mol. The average Bonchev–Trinajstić information content (AvgIpc) is 3.42. The lowest BCUT2D eigenvalue weighted by molar-refractivity contribution is -0.232. The van der Waals surface area contributed by atoms with Crippen LogP contribution in [-0.4, -0.2) is 59.5 Å². The Balaban J connectivity index is 1.57. The van der Waals surface area contributed by atoms with Crippen molar-refractivity contribution in [3.63, 3.8) is 0 Å². The van der Waals surface area contributed by atoms with Gasteiger partial charge in [0, 0.05) is 31.7 Å². The molecule has 1 aliphatic heterocycles. The predicted molar refractivity (Wildman–Crippen MR) is 155 cm³/mol. The summed E-state index contributed by atoms with van der Waals surface area (Å²) in [6.45, 7) is 5.41. The van der Waals surface area contributed by atoms with Crippen molar-refractivity contribution in [3.05, 3.63) is 64.2 Å². The fraction of sp³-hybridized carbons (Fsp3) is 0.500. The SMILES string of the molecule is CC(=O)OC[C@H]1O[C@@H](c2ccc(Cl)c(Cc3ccc(OC4(C(=O)O)CCCC4)cc3)c2)[C@H](C)[C@@H](OC(C)=O)[C@@H]1OC(C)=O. The highest BCUT2D eigenvalue weighted by Gasteiger charge is 2.49. The summed E-state index contributed by atoms with van der Waals surface area (Å²) in [5, 5.41) is 10.3. The molecule has 0 aromatic heterocycles. The summed E-state index contributed by atoms with van der Waals surface area (Å²) in [7, 11) is 0. The van der Waals surface area contributed by atoms with Crippen molar-refractivity contribution >= 4 is 35.5 Å². The highest BCUT2D eigenvalue weighted by Crippen LogP contribution is 2.41. The van der Waals surface area contributed by atoms with Crippen molar-refractivity contribution in [2.45, 2.75) is 89.8 Å².